The molecular formula is C8H9F2NO. The molecule has 4 heteroatoms. The number of amides is 1. The van der Waals surface area contributed by atoms with Gasteiger partial charge in [0.1, 0.15) is 6.17 Å². The first-order valence-corrected chi connectivity index (χ1v) is 3.96. The second kappa shape index (κ2) is 2.54. The van der Waals surface area contributed by atoms with Gasteiger partial charge in [0, 0.05) is 18.8 Å². The maximum absolute atomic E-state index is 13.1. The van der Waals surface area contributed by atoms with Gasteiger partial charge in [0.05, 0.1) is 11.9 Å². The lowest BCUT2D eigenvalue weighted by Crippen LogP contribution is -2.39. The van der Waals surface area contributed by atoms with E-state index in [1.54, 1.807) is 0 Å². The summed E-state index contributed by atoms with van der Waals surface area (Å²) in [6.07, 6.45) is 0.130. The van der Waals surface area contributed by atoms with Crippen LogP contribution in [-0.4, -0.2) is 18.1 Å². The van der Waals surface area contributed by atoms with Crippen molar-refractivity contribution in [1.82, 2.24) is 5.32 Å². The first-order chi connectivity index (χ1) is 5.66. The number of hydrogen-bond donors (Lipinski definition) is 1. The largest absolute Gasteiger partial charge is 0.350 e. The van der Waals surface area contributed by atoms with Gasteiger partial charge in [-0.15, -0.1) is 0 Å². The molecule has 1 aliphatic carbocycles. The van der Waals surface area contributed by atoms with E-state index in [4.69, 9.17) is 0 Å². The highest BCUT2D eigenvalue weighted by Crippen LogP contribution is 2.32. The molecule has 2 rings (SSSR count). The number of nitrogens with one attached hydrogen (secondary N) is 1. The SMILES string of the molecule is O=C1C[C@@H]2C=C(F)C[C@@H](F)[C@@H]2N1. The molecule has 0 saturated carbocycles. The molecule has 3 atom stereocenters. The zero-order chi connectivity index (χ0) is 8.72. The highest BCUT2D eigenvalue weighted by Gasteiger charge is 2.40. The Hall–Kier alpha value is -0.930. The Bertz CT molecular complexity index is 251. The molecule has 0 bridgehead atoms. The van der Waals surface area contributed by atoms with Crippen molar-refractivity contribution in [2.75, 3.05) is 0 Å². The predicted molar refractivity (Wildman–Crippen MR) is 38.7 cm³/mol. The standard InChI is InChI=1S/C8H9F2NO/c9-5-1-4-2-7(12)11-8(4)6(10)3-5/h1,4,6,8H,2-3H2,(H,11,12)/t4-,6+,8+/m0/s1. The third kappa shape index (κ3) is 1.11. The highest BCUT2D eigenvalue weighted by molar-refractivity contribution is 5.79. The van der Waals surface area contributed by atoms with Crippen molar-refractivity contribution in [2.45, 2.75) is 25.1 Å². The van der Waals surface area contributed by atoms with Gasteiger partial charge in [0.25, 0.3) is 0 Å². The number of rotatable bonds is 0. The molecule has 1 aliphatic heterocycles. The van der Waals surface area contributed by atoms with E-state index in [9.17, 15) is 13.6 Å². The zero-order valence-corrected chi connectivity index (χ0v) is 6.39. The van der Waals surface area contributed by atoms with Crippen LogP contribution >= 0.6 is 0 Å². The van der Waals surface area contributed by atoms with Gasteiger partial charge in [-0.1, -0.05) is 0 Å². The summed E-state index contributed by atoms with van der Waals surface area (Å²) in [7, 11) is 0. The van der Waals surface area contributed by atoms with Crippen molar-refractivity contribution < 1.29 is 13.6 Å². The van der Waals surface area contributed by atoms with Gasteiger partial charge in [-0.3, -0.25) is 4.79 Å². The van der Waals surface area contributed by atoms with Crippen LogP contribution in [0.4, 0.5) is 8.78 Å². The van der Waals surface area contributed by atoms with Crippen LogP contribution in [0, 0.1) is 5.92 Å². The topological polar surface area (TPSA) is 29.1 Å². The number of carbonyl (C=O) groups excluding carboxylic acids is 1. The summed E-state index contributed by atoms with van der Waals surface area (Å²) in [4.78, 5) is 10.8. The second-order valence-electron chi connectivity index (χ2n) is 3.29. The normalized spacial score (nSPS) is 40.3. The quantitative estimate of drug-likeness (QED) is 0.583. The number of alkyl halides is 1. The highest BCUT2D eigenvalue weighted by atomic mass is 19.1. The molecule has 2 aliphatic rings. The monoisotopic (exact) mass is 173 g/mol. The summed E-state index contributed by atoms with van der Waals surface area (Å²) < 4.78 is 25.7. The van der Waals surface area contributed by atoms with Gasteiger partial charge in [0.2, 0.25) is 5.91 Å². The summed E-state index contributed by atoms with van der Waals surface area (Å²) in [5.74, 6) is -0.889. The molecule has 0 radical (unpaired) electrons. The number of carbonyl (C=O) groups is 1. The summed E-state index contributed by atoms with van der Waals surface area (Å²) in [6, 6.07) is -0.489. The van der Waals surface area contributed by atoms with E-state index in [0.29, 0.717) is 0 Å². The fraction of sp³-hybridized carbons (Fsp3) is 0.625. The fourth-order valence-corrected chi connectivity index (χ4v) is 1.83. The van der Waals surface area contributed by atoms with Crippen molar-refractivity contribution in [3.8, 4) is 0 Å². The van der Waals surface area contributed by atoms with Gasteiger partial charge in [-0.2, -0.15) is 0 Å². The van der Waals surface area contributed by atoms with E-state index in [-0.39, 0.29) is 24.7 Å². The van der Waals surface area contributed by atoms with Crippen molar-refractivity contribution >= 4 is 5.91 Å². The van der Waals surface area contributed by atoms with E-state index in [1.165, 1.54) is 6.08 Å². The lowest BCUT2D eigenvalue weighted by Gasteiger charge is -2.24. The van der Waals surface area contributed by atoms with E-state index in [0.717, 1.165) is 0 Å². The smallest absolute Gasteiger partial charge is 0.221 e. The van der Waals surface area contributed by atoms with Crippen LogP contribution in [0.3, 0.4) is 0 Å². The minimum absolute atomic E-state index is 0.182. The van der Waals surface area contributed by atoms with Crippen LogP contribution in [0.2, 0.25) is 0 Å². The molecule has 12 heavy (non-hydrogen) atoms. The minimum atomic E-state index is -1.26. The molecular weight excluding hydrogens is 164 g/mol. The molecule has 0 spiro atoms. The molecule has 0 aromatic carbocycles. The van der Waals surface area contributed by atoms with E-state index < -0.39 is 18.0 Å². The molecule has 1 fully saturated rings. The van der Waals surface area contributed by atoms with Gasteiger partial charge in [0.15, 0.2) is 0 Å². The maximum atomic E-state index is 13.1. The van der Waals surface area contributed by atoms with Crippen molar-refractivity contribution in [3.63, 3.8) is 0 Å². The average Bonchev–Trinajstić information content (AvgIpc) is 2.29. The Kier molecular flexibility index (Phi) is 1.63. The minimum Gasteiger partial charge on any atom is -0.350 e. The van der Waals surface area contributed by atoms with Crippen LogP contribution in [0.25, 0.3) is 0 Å². The predicted octanol–water partition coefficient (Wildman–Crippen LogP) is 1.09. The van der Waals surface area contributed by atoms with Gasteiger partial charge in [-0.05, 0) is 6.08 Å². The number of fused-ring (bicyclic) bond motifs is 1. The Morgan fingerprint density at radius 1 is 1.50 bits per heavy atom. The average molecular weight is 173 g/mol. The molecule has 1 amide bonds. The molecule has 0 aromatic rings. The van der Waals surface area contributed by atoms with Crippen molar-refractivity contribution in [3.05, 3.63) is 11.9 Å². The summed E-state index contributed by atoms with van der Waals surface area (Å²) in [5.41, 5.74) is 0. The summed E-state index contributed by atoms with van der Waals surface area (Å²) in [6.45, 7) is 0. The first kappa shape index (κ1) is 7.71. The molecule has 66 valence electrons. The molecule has 1 saturated heterocycles. The number of hydrogen-bond acceptors (Lipinski definition) is 1. The van der Waals surface area contributed by atoms with Crippen LogP contribution in [0.5, 0.6) is 0 Å². The summed E-state index contributed by atoms with van der Waals surface area (Å²) in [5, 5.41) is 2.50. The maximum Gasteiger partial charge on any atom is 0.221 e. The Morgan fingerprint density at radius 2 is 2.25 bits per heavy atom. The number of allylic oxidation sites excluding steroid dienone is 1. The van der Waals surface area contributed by atoms with Crippen molar-refractivity contribution in [2.24, 2.45) is 5.92 Å². The summed E-state index contributed by atoms with van der Waals surface area (Å²) >= 11 is 0. The molecule has 0 aromatic heterocycles. The van der Waals surface area contributed by atoms with Gasteiger partial charge < -0.3 is 5.32 Å². The first-order valence-electron chi connectivity index (χ1n) is 3.96. The molecule has 1 N–H and O–H groups in total. The van der Waals surface area contributed by atoms with Gasteiger partial charge >= 0.3 is 0 Å². The number of halogens is 2. The molecule has 0 unspecified atom stereocenters. The van der Waals surface area contributed by atoms with Gasteiger partial charge in [-0.25, -0.2) is 8.78 Å². The van der Waals surface area contributed by atoms with Crippen LogP contribution in [0.1, 0.15) is 12.8 Å². The van der Waals surface area contributed by atoms with E-state index in [2.05, 4.69) is 5.32 Å². The lowest BCUT2D eigenvalue weighted by molar-refractivity contribution is -0.119. The van der Waals surface area contributed by atoms with Crippen LogP contribution < -0.4 is 5.32 Å². The van der Waals surface area contributed by atoms with Crippen LogP contribution in [-0.2, 0) is 4.79 Å². The lowest BCUT2D eigenvalue weighted by atomic mass is 9.89. The third-order valence-electron chi connectivity index (χ3n) is 2.38. The second-order valence-corrected chi connectivity index (χ2v) is 3.29. The Labute approximate surface area is 68.6 Å². The van der Waals surface area contributed by atoms with E-state index >= 15 is 0 Å². The Balaban J connectivity index is 2.22. The Morgan fingerprint density at radius 3 is 3.00 bits per heavy atom. The van der Waals surface area contributed by atoms with E-state index in [1.807, 2.05) is 0 Å². The van der Waals surface area contributed by atoms with Crippen LogP contribution in [0.15, 0.2) is 11.9 Å². The zero-order valence-electron chi connectivity index (χ0n) is 6.39. The fourth-order valence-electron chi connectivity index (χ4n) is 1.83. The molecule has 2 nitrogen and oxygen atoms in total. The van der Waals surface area contributed by atoms with Crippen molar-refractivity contribution in [1.29, 1.82) is 0 Å². The third-order valence-corrected chi connectivity index (χ3v) is 2.38. The molecule has 1 heterocycles.